The van der Waals surface area contributed by atoms with Crippen LogP contribution >= 0.6 is 19.8 Å². The van der Waals surface area contributed by atoms with Gasteiger partial charge in [-0.3, -0.25) is 0 Å². The van der Waals surface area contributed by atoms with Gasteiger partial charge in [-0.15, -0.1) is 0 Å². The molecule has 4 aliphatic rings. The van der Waals surface area contributed by atoms with Crippen molar-refractivity contribution in [2.75, 3.05) is 4.43 Å². The van der Waals surface area contributed by atoms with Gasteiger partial charge in [0.2, 0.25) is 0 Å². The van der Waals surface area contributed by atoms with E-state index in [0.717, 1.165) is 42.5 Å². The number of aliphatic hydroxyl groups is 1. The second-order valence-electron chi connectivity index (χ2n) is 9.54. The molecule has 0 spiro atoms. The molecule has 1 saturated heterocycles. The second-order valence-corrected chi connectivity index (χ2v) is 15.5. The van der Waals surface area contributed by atoms with Gasteiger partial charge in [-0.2, -0.15) is 0 Å². The zero-order valence-corrected chi connectivity index (χ0v) is 20.5. The van der Waals surface area contributed by atoms with Crippen molar-refractivity contribution < 1.29 is 31.4 Å². The van der Waals surface area contributed by atoms with Gasteiger partial charge in [-0.25, -0.2) is 0 Å². The number of rotatable bonds is 3. The fourth-order valence-electron chi connectivity index (χ4n) is 5.03. The number of fused-ring (bicyclic) bond motifs is 1. The van der Waals surface area contributed by atoms with Crippen molar-refractivity contribution in [1.29, 1.82) is 0 Å². The van der Waals surface area contributed by atoms with E-state index in [2.05, 4.69) is 24.1 Å². The van der Waals surface area contributed by atoms with E-state index in [1.54, 1.807) is 0 Å². The molecule has 1 atom stereocenters. The molecule has 2 saturated carbocycles. The Morgan fingerprint density at radius 3 is 2.24 bits per heavy atom. The maximum absolute atomic E-state index is 12.9. The van der Waals surface area contributed by atoms with Crippen molar-refractivity contribution >= 4 is 19.8 Å². The molecular weight excluding hydrogens is 557 g/mol. The van der Waals surface area contributed by atoms with Crippen LogP contribution in [0.4, 0.5) is 26.3 Å². The van der Waals surface area contributed by atoms with Crippen LogP contribution in [0.5, 0.6) is 0 Å². The SMILES string of the molecule is OC(C#CCC1(C2=CCC3/C(=C/C=C4CCCCC4)CCCI23)CC1)(C(F)(F)F)C(F)(F)F. The van der Waals surface area contributed by atoms with Gasteiger partial charge in [0.1, 0.15) is 0 Å². The number of allylic oxidation sites excluding steroid dienone is 6. The van der Waals surface area contributed by atoms with Crippen LogP contribution in [0.25, 0.3) is 0 Å². The van der Waals surface area contributed by atoms with Crippen LogP contribution in [0.1, 0.15) is 70.6 Å². The Morgan fingerprint density at radius 1 is 0.970 bits per heavy atom. The first-order valence-corrected chi connectivity index (χ1v) is 15.4. The third-order valence-corrected chi connectivity index (χ3v) is 15.3. The van der Waals surface area contributed by atoms with E-state index < -0.39 is 37.8 Å². The van der Waals surface area contributed by atoms with Gasteiger partial charge >= 0.3 is 198 Å². The summed E-state index contributed by atoms with van der Waals surface area (Å²) in [6.07, 6.45) is 5.83. The molecule has 2 aliphatic heterocycles. The molecule has 0 radical (unpaired) electrons. The predicted molar refractivity (Wildman–Crippen MR) is 125 cm³/mol. The summed E-state index contributed by atoms with van der Waals surface area (Å²) in [5, 5.41) is 9.31. The Labute approximate surface area is 198 Å². The molecule has 2 heterocycles. The van der Waals surface area contributed by atoms with Crippen molar-refractivity contribution in [3.8, 4) is 11.8 Å². The van der Waals surface area contributed by atoms with Crippen LogP contribution < -0.4 is 0 Å². The molecule has 8 heteroatoms. The van der Waals surface area contributed by atoms with E-state index >= 15 is 0 Å². The molecule has 0 aromatic carbocycles. The van der Waals surface area contributed by atoms with E-state index in [-0.39, 0.29) is 11.8 Å². The topological polar surface area (TPSA) is 20.2 Å². The van der Waals surface area contributed by atoms with E-state index in [1.165, 1.54) is 46.8 Å². The average Bonchev–Trinajstić information content (AvgIpc) is 3.39. The summed E-state index contributed by atoms with van der Waals surface area (Å²) < 4.78 is 80.5. The monoisotopic (exact) mass is 586 g/mol. The minimum absolute atomic E-state index is 0.0445. The van der Waals surface area contributed by atoms with Crippen LogP contribution in [-0.4, -0.2) is 31.4 Å². The molecule has 1 N–H and O–H groups in total. The molecule has 33 heavy (non-hydrogen) atoms. The second kappa shape index (κ2) is 9.25. The van der Waals surface area contributed by atoms with Crippen molar-refractivity contribution in [2.45, 2.75) is 92.5 Å². The first-order valence-electron chi connectivity index (χ1n) is 11.6. The number of halogens is 7. The Balaban J connectivity index is 1.48. The number of hydrogen-bond acceptors (Lipinski definition) is 1. The summed E-state index contributed by atoms with van der Waals surface area (Å²) in [6.45, 7) is 0. The zero-order chi connectivity index (χ0) is 23.9. The Morgan fingerprint density at radius 2 is 1.64 bits per heavy atom. The third-order valence-electron chi connectivity index (χ3n) is 7.19. The van der Waals surface area contributed by atoms with Crippen LogP contribution in [0.3, 0.4) is 0 Å². The van der Waals surface area contributed by atoms with E-state index in [4.69, 9.17) is 0 Å². The summed E-state index contributed by atoms with van der Waals surface area (Å²) >= 11 is -1.57. The molecule has 184 valence electrons. The summed E-state index contributed by atoms with van der Waals surface area (Å²) in [5.41, 5.74) is -2.34. The Hall–Kier alpha value is -0.950. The molecule has 0 amide bonds. The average molecular weight is 586 g/mol. The van der Waals surface area contributed by atoms with Gasteiger partial charge in [0.05, 0.1) is 0 Å². The van der Waals surface area contributed by atoms with E-state index in [0.29, 0.717) is 3.92 Å². The van der Waals surface area contributed by atoms with Gasteiger partial charge in [-0.05, 0) is 0 Å². The first-order chi connectivity index (χ1) is 15.5. The Bertz CT molecular complexity index is 888. The molecule has 1 unspecified atom stereocenters. The minimum atomic E-state index is -5.89. The summed E-state index contributed by atoms with van der Waals surface area (Å²) in [7, 11) is 0. The van der Waals surface area contributed by atoms with Crippen LogP contribution in [0, 0.1) is 17.3 Å². The fraction of sp³-hybridized carbons (Fsp3) is 0.680. The van der Waals surface area contributed by atoms with E-state index in [1.807, 2.05) is 0 Å². The molecule has 2 aliphatic carbocycles. The molecule has 0 aromatic heterocycles. The molecular formula is C25H29F6IO. The van der Waals surface area contributed by atoms with Crippen molar-refractivity contribution in [3.63, 3.8) is 0 Å². The molecule has 4 rings (SSSR count). The molecule has 0 bridgehead atoms. The first kappa shape index (κ1) is 25.2. The molecule has 0 aromatic rings. The standard InChI is InChI=1S/C25H29F6IO/c26-24(27,28)23(33,25(29,30)31)14-5-13-22(15-16-22)21-12-11-20-19(8-4-17-32(20)21)10-9-18-6-2-1-3-7-18/h9-10,12,20,33H,1-4,6-8,11,13,15-17H2/b19-10+. The van der Waals surface area contributed by atoms with Crippen LogP contribution in [-0.2, 0) is 0 Å². The number of alkyl halides is 8. The van der Waals surface area contributed by atoms with Crippen LogP contribution in [0.15, 0.2) is 33.0 Å². The van der Waals surface area contributed by atoms with Gasteiger partial charge < -0.3 is 0 Å². The van der Waals surface area contributed by atoms with E-state index in [9.17, 15) is 31.4 Å². The summed E-state index contributed by atoms with van der Waals surface area (Å²) in [6, 6.07) is 0. The summed E-state index contributed by atoms with van der Waals surface area (Å²) in [4.78, 5) is 0. The Kier molecular flexibility index (Phi) is 7.05. The van der Waals surface area contributed by atoms with Crippen molar-refractivity contribution in [3.05, 3.63) is 33.0 Å². The summed E-state index contributed by atoms with van der Waals surface area (Å²) in [5.74, 6) is 3.27. The van der Waals surface area contributed by atoms with Gasteiger partial charge in [-0.1, -0.05) is 0 Å². The zero-order valence-electron chi connectivity index (χ0n) is 18.4. The molecule has 3 fully saturated rings. The van der Waals surface area contributed by atoms with Gasteiger partial charge in [0.15, 0.2) is 0 Å². The van der Waals surface area contributed by atoms with Gasteiger partial charge in [0.25, 0.3) is 0 Å². The van der Waals surface area contributed by atoms with Gasteiger partial charge in [0, 0.05) is 0 Å². The normalized spacial score (nSPS) is 27.5. The third kappa shape index (κ3) is 5.05. The molecule has 1 nitrogen and oxygen atoms in total. The van der Waals surface area contributed by atoms with Crippen LogP contribution in [0.2, 0.25) is 0 Å². The predicted octanol–water partition coefficient (Wildman–Crippen LogP) is 7.79. The fourth-order valence-corrected chi connectivity index (χ4v) is 13.8. The number of hydrogen-bond donors (Lipinski definition) is 1. The van der Waals surface area contributed by atoms with Crippen molar-refractivity contribution in [2.24, 2.45) is 5.41 Å². The quantitative estimate of drug-likeness (QED) is 0.155. The van der Waals surface area contributed by atoms with Crippen molar-refractivity contribution in [1.82, 2.24) is 0 Å². The maximum atomic E-state index is 12.9.